The summed E-state index contributed by atoms with van der Waals surface area (Å²) in [4.78, 5) is 16.5. The predicted molar refractivity (Wildman–Crippen MR) is 88.7 cm³/mol. The van der Waals surface area contributed by atoms with Gasteiger partial charge >= 0.3 is 0 Å². The second kappa shape index (κ2) is 6.46. The molecule has 0 spiro atoms. The highest BCUT2D eigenvalue weighted by Crippen LogP contribution is 2.20. The summed E-state index contributed by atoms with van der Waals surface area (Å²) < 4.78 is 7.36. The molecule has 0 aliphatic carbocycles. The van der Waals surface area contributed by atoms with Gasteiger partial charge in [-0.05, 0) is 18.6 Å². The van der Waals surface area contributed by atoms with E-state index < -0.39 is 0 Å². The van der Waals surface area contributed by atoms with Gasteiger partial charge in [0.25, 0.3) is 5.91 Å². The van der Waals surface area contributed by atoms with E-state index in [0.29, 0.717) is 12.3 Å². The Bertz CT molecular complexity index is 872. The van der Waals surface area contributed by atoms with Crippen molar-refractivity contribution in [3.63, 3.8) is 0 Å². The van der Waals surface area contributed by atoms with Gasteiger partial charge in [-0.3, -0.25) is 9.78 Å². The van der Waals surface area contributed by atoms with Crippen LogP contribution in [0.5, 0.6) is 0 Å². The van der Waals surface area contributed by atoms with Crippen molar-refractivity contribution in [3.05, 3.63) is 47.9 Å². The molecule has 0 radical (unpaired) electrons. The molecular weight excluding hydrogens is 320 g/mol. The molecule has 8 nitrogen and oxygen atoms in total. The van der Waals surface area contributed by atoms with E-state index >= 15 is 0 Å². The minimum absolute atomic E-state index is 0.0276. The zero-order chi connectivity index (χ0) is 17.2. The lowest BCUT2D eigenvalue weighted by atomic mass is 10.1. The monoisotopic (exact) mass is 338 g/mol. The number of carbonyl (C=O) groups excluding carboxylic acids is 1. The molecule has 128 valence electrons. The van der Waals surface area contributed by atoms with E-state index in [2.05, 4.69) is 37.1 Å². The number of aromatic nitrogens is 5. The number of nitrogens with zero attached hydrogens (tertiary/aromatic N) is 5. The molecule has 25 heavy (non-hydrogen) atoms. The molecule has 0 saturated heterocycles. The molecule has 8 heteroatoms. The van der Waals surface area contributed by atoms with E-state index in [1.54, 1.807) is 18.5 Å². The number of hydrogen-bond acceptors (Lipinski definition) is 6. The largest absolute Gasteiger partial charge is 0.355 e. The Balaban J connectivity index is 1.45. The SMILES string of the molecule is CCc1nnc2n1CC(NC(=O)c1cc(-c3cccnc3)on1)CC2. The van der Waals surface area contributed by atoms with Gasteiger partial charge in [-0.2, -0.15) is 0 Å². The first-order valence-corrected chi connectivity index (χ1v) is 8.33. The van der Waals surface area contributed by atoms with E-state index in [-0.39, 0.29) is 17.6 Å². The number of nitrogens with one attached hydrogen (secondary N) is 1. The third-order valence-electron chi connectivity index (χ3n) is 4.36. The maximum atomic E-state index is 12.5. The van der Waals surface area contributed by atoms with Crippen LogP contribution in [0.3, 0.4) is 0 Å². The van der Waals surface area contributed by atoms with E-state index in [9.17, 15) is 4.79 Å². The van der Waals surface area contributed by atoms with Crippen molar-refractivity contribution in [3.8, 4) is 11.3 Å². The number of pyridine rings is 1. The summed E-state index contributed by atoms with van der Waals surface area (Å²) >= 11 is 0. The summed E-state index contributed by atoms with van der Waals surface area (Å²) in [5, 5.41) is 15.3. The first-order chi connectivity index (χ1) is 12.2. The van der Waals surface area contributed by atoms with Gasteiger partial charge in [-0.1, -0.05) is 12.1 Å². The van der Waals surface area contributed by atoms with Gasteiger partial charge in [0.05, 0.1) is 0 Å². The fraction of sp³-hybridized carbons (Fsp3) is 0.353. The summed E-state index contributed by atoms with van der Waals surface area (Å²) in [6, 6.07) is 5.33. The summed E-state index contributed by atoms with van der Waals surface area (Å²) in [5.74, 6) is 2.23. The molecule has 0 saturated carbocycles. The van der Waals surface area contributed by atoms with Gasteiger partial charge < -0.3 is 14.4 Å². The molecule has 4 heterocycles. The second-order valence-electron chi connectivity index (χ2n) is 6.02. The van der Waals surface area contributed by atoms with Gasteiger partial charge in [0, 0.05) is 49.5 Å². The molecule has 3 aromatic heterocycles. The number of carbonyl (C=O) groups is 1. The van der Waals surface area contributed by atoms with Crippen molar-refractivity contribution in [2.24, 2.45) is 0 Å². The average molecular weight is 338 g/mol. The number of amides is 1. The van der Waals surface area contributed by atoms with Crippen LogP contribution in [0.2, 0.25) is 0 Å². The average Bonchev–Trinajstić information content (AvgIpc) is 3.29. The summed E-state index contributed by atoms with van der Waals surface area (Å²) in [5.41, 5.74) is 1.05. The van der Waals surface area contributed by atoms with Gasteiger partial charge in [0.1, 0.15) is 11.6 Å². The third kappa shape index (κ3) is 3.02. The summed E-state index contributed by atoms with van der Waals surface area (Å²) in [7, 11) is 0. The van der Waals surface area contributed by atoms with Crippen LogP contribution in [-0.2, 0) is 19.4 Å². The molecule has 1 unspecified atom stereocenters. The van der Waals surface area contributed by atoms with Crippen molar-refractivity contribution < 1.29 is 9.32 Å². The fourth-order valence-electron chi connectivity index (χ4n) is 3.05. The minimum atomic E-state index is -0.238. The zero-order valence-corrected chi connectivity index (χ0v) is 13.8. The van der Waals surface area contributed by atoms with Crippen LogP contribution in [0.1, 0.15) is 35.5 Å². The van der Waals surface area contributed by atoms with E-state index in [1.807, 2.05) is 12.1 Å². The maximum absolute atomic E-state index is 12.5. The van der Waals surface area contributed by atoms with Gasteiger partial charge in [0.15, 0.2) is 11.5 Å². The molecule has 0 bridgehead atoms. The lowest BCUT2D eigenvalue weighted by Gasteiger charge is -2.24. The Hall–Kier alpha value is -3.03. The summed E-state index contributed by atoms with van der Waals surface area (Å²) in [6.45, 7) is 2.74. The van der Waals surface area contributed by atoms with Crippen molar-refractivity contribution in [1.29, 1.82) is 0 Å². The van der Waals surface area contributed by atoms with Crippen molar-refractivity contribution in [1.82, 2.24) is 30.2 Å². The van der Waals surface area contributed by atoms with Crippen LogP contribution < -0.4 is 5.32 Å². The van der Waals surface area contributed by atoms with E-state index in [4.69, 9.17) is 4.52 Å². The van der Waals surface area contributed by atoms with Crippen LogP contribution in [0.15, 0.2) is 35.1 Å². The summed E-state index contributed by atoms with van der Waals surface area (Å²) in [6.07, 6.45) is 5.81. The van der Waals surface area contributed by atoms with Gasteiger partial charge in [-0.25, -0.2) is 0 Å². The van der Waals surface area contributed by atoms with Crippen LogP contribution in [0.4, 0.5) is 0 Å². The van der Waals surface area contributed by atoms with Gasteiger partial charge in [0.2, 0.25) is 0 Å². The molecule has 1 N–H and O–H groups in total. The zero-order valence-electron chi connectivity index (χ0n) is 13.8. The molecule has 0 fully saturated rings. The number of aryl methyl sites for hydroxylation is 2. The molecule has 3 aromatic rings. The first kappa shape index (κ1) is 15.5. The molecule has 1 amide bonds. The quantitative estimate of drug-likeness (QED) is 0.776. The Morgan fingerprint density at radius 3 is 3.16 bits per heavy atom. The van der Waals surface area contributed by atoms with Crippen LogP contribution >= 0.6 is 0 Å². The highest BCUT2D eigenvalue weighted by molar-refractivity contribution is 5.93. The highest BCUT2D eigenvalue weighted by Gasteiger charge is 2.25. The second-order valence-corrected chi connectivity index (χ2v) is 6.02. The Kier molecular flexibility index (Phi) is 4.01. The Morgan fingerprint density at radius 2 is 2.36 bits per heavy atom. The Labute approximate surface area is 144 Å². The fourth-order valence-corrected chi connectivity index (χ4v) is 3.05. The van der Waals surface area contributed by atoms with E-state index in [1.165, 1.54) is 0 Å². The van der Waals surface area contributed by atoms with Gasteiger partial charge in [-0.15, -0.1) is 10.2 Å². The molecule has 0 aromatic carbocycles. The molecule has 1 aliphatic heterocycles. The predicted octanol–water partition coefficient (Wildman–Crippen LogP) is 1.64. The molecule has 1 aliphatic rings. The highest BCUT2D eigenvalue weighted by atomic mass is 16.5. The number of hydrogen-bond donors (Lipinski definition) is 1. The number of rotatable bonds is 4. The maximum Gasteiger partial charge on any atom is 0.273 e. The van der Waals surface area contributed by atoms with Crippen LogP contribution in [0.25, 0.3) is 11.3 Å². The van der Waals surface area contributed by atoms with E-state index in [0.717, 1.165) is 36.5 Å². The minimum Gasteiger partial charge on any atom is -0.355 e. The smallest absolute Gasteiger partial charge is 0.273 e. The van der Waals surface area contributed by atoms with Crippen molar-refractivity contribution in [2.75, 3.05) is 0 Å². The standard InChI is InChI=1S/C17H18N6O2/c1-2-15-20-21-16-6-5-12(10-23(15)16)19-17(24)13-8-14(25-22-13)11-4-3-7-18-9-11/h3-4,7-9,12H,2,5-6,10H2,1H3,(H,19,24). The van der Waals surface area contributed by atoms with Crippen molar-refractivity contribution in [2.45, 2.75) is 38.8 Å². The van der Waals surface area contributed by atoms with Crippen LogP contribution in [0, 0.1) is 0 Å². The lowest BCUT2D eigenvalue weighted by Crippen LogP contribution is -2.41. The third-order valence-corrected chi connectivity index (χ3v) is 4.36. The topological polar surface area (TPSA) is 98.7 Å². The molecule has 1 atom stereocenters. The normalized spacial score (nSPS) is 16.4. The molecular formula is C17H18N6O2. The van der Waals surface area contributed by atoms with Crippen LogP contribution in [-0.4, -0.2) is 36.9 Å². The number of fused-ring (bicyclic) bond motifs is 1. The Morgan fingerprint density at radius 1 is 1.44 bits per heavy atom. The molecule has 4 rings (SSSR count). The first-order valence-electron chi connectivity index (χ1n) is 8.33. The van der Waals surface area contributed by atoms with Crippen molar-refractivity contribution >= 4 is 5.91 Å². The lowest BCUT2D eigenvalue weighted by molar-refractivity contribution is 0.0918.